The summed E-state index contributed by atoms with van der Waals surface area (Å²) in [6, 6.07) is 16.2. The minimum atomic E-state index is -0.423. The van der Waals surface area contributed by atoms with E-state index in [2.05, 4.69) is 0 Å². The lowest BCUT2D eigenvalue weighted by Gasteiger charge is -2.23. The zero-order valence-corrected chi connectivity index (χ0v) is 12.6. The normalized spacial score (nSPS) is 19.7. The Labute approximate surface area is 134 Å². The molecule has 0 amide bonds. The van der Waals surface area contributed by atoms with Crippen molar-refractivity contribution < 1.29 is 9.72 Å². The molecule has 2 aromatic carbocycles. The van der Waals surface area contributed by atoms with Gasteiger partial charge in [0.1, 0.15) is 0 Å². The average Bonchev–Trinajstić information content (AvgIpc) is 2.58. The van der Waals surface area contributed by atoms with Crippen molar-refractivity contribution in [3.8, 4) is 0 Å². The van der Waals surface area contributed by atoms with E-state index in [1.54, 1.807) is 12.1 Å². The minimum Gasteiger partial charge on any atom is -0.294 e. The number of carbonyl (C=O) groups is 1. The molecule has 1 aliphatic carbocycles. The van der Waals surface area contributed by atoms with Crippen LogP contribution in [-0.2, 0) is 4.79 Å². The number of rotatable bonds is 3. The summed E-state index contributed by atoms with van der Waals surface area (Å²) in [7, 11) is 0. The molecule has 1 atom stereocenters. The predicted molar refractivity (Wildman–Crippen MR) is 89.1 cm³/mol. The zero-order chi connectivity index (χ0) is 16.2. The quantitative estimate of drug-likeness (QED) is 0.476. The number of ketones is 1. The third-order valence-electron chi connectivity index (χ3n) is 4.22. The standard InChI is InChI=1S/C19H17NO3/c21-19-16(13-14-9-11-17(12-10-14)20(22)23)7-4-8-18(19)15-5-2-1-3-6-15/h1-3,5-6,9-13,18H,4,7-8H2/b16-13+/t18-/m1/s1. The molecule has 3 rings (SSSR count). The van der Waals surface area contributed by atoms with Gasteiger partial charge in [-0.2, -0.15) is 0 Å². The largest absolute Gasteiger partial charge is 0.294 e. The number of benzene rings is 2. The van der Waals surface area contributed by atoms with Crippen molar-refractivity contribution in [1.29, 1.82) is 0 Å². The van der Waals surface area contributed by atoms with Crippen LogP contribution in [0.25, 0.3) is 6.08 Å². The number of hydrogen-bond acceptors (Lipinski definition) is 3. The molecule has 0 N–H and O–H groups in total. The molecule has 4 nitrogen and oxygen atoms in total. The molecule has 0 spiro atoms. The lowest BCUT2D eigenvalue weighted by atomic mass is 9.79. The first-order valence-corrected chi connectivity index (χ1v) is 7.69. The van der Waals surface area contributed by atoms with E-state index in [-0.39, 0.29) is 17.4 Å². The van der Waals surface area contributed by atoms with Gasteiger partial charge in [0, 0.05) is 18.1 Å². The van der Waals surface area contributed by atoms with Gasteiger partial charge in [0.2, 0.25) is 0 Å². The van der Waals surface area contributed by atoms with Crippen LogP contribution in [0.1, 0.15) is 36.3 Å². The van der Waals surface area contributed by atoms with E-state index >= 15 is 0 Å². The predicted octanol–water partition coefficient (Wildman–Crippen LogP) is 4.52. The molecule has 0 bridgehead atoms. The maximum absolute atomic E-state index is 12.7. The van der Waals surface area contributed by atoms with Gasteiger partial charge >= 0.3 is 0 Å². The van der Waals surface area contributed by atoms with Gasteiger partial charge in [-0.25, -0.2) is 0 Å². The number of allylic oxidation sites excluding steroid dienone is 1. The second-order valence-corrected chi connectivity index (χ2v) is 5.74. The second-order valence-electron chi connectivity index (χ2n) is 5.74. The summed E-state index contributed by atoms with van der Waals surface area (Å²) in [5.41, 5.74) is 2.75. The van der Waals surface area contributed by atoms with E-state index < -0.39 is 4.92 Å². The average molecular weight is 307 g/mol. The molecule has 0 aromatic heterocycles. The second kappa shape index (κ2) is 6.57. The third-order valence-corrected chi connectivity index (χ3v) is 4.22. The topological polar surface area (TPSA) is 60.2 Å². The van der Waals surface area contributed by atoms with Gasteiger partial charge in [0.15, 0.2) is 5.78 Å². The van der Waals surface area contributed by atoms with Crippen molar-refractivity contribution in [2.75, 3.05) is 0 Å². The number of nitro benzene ring substituents is 1. The van der Waals surface area contributed by atoms with Gasteiger partial charge < -0.3 is 0 Å². The molecule has 0 saturated heterocycles. The summed E-state index contributed by atoms with van der Waals surface area (Å²) < 4.78 is 0. The molecule has 1 aliphatic rings. The van der Waals surface area contributed by atoms with Gasteiger partial charge in [-0.15, -0.1) is 0 Å². The molecule has 0 heterocycles. The molecular formula is C19H17NO3. The summed E-state index contributed by atoms with van der Waals surface area (Å²) in [5.74, 6) is 0.0926. The molecule has 4 heteroatoms. The van der Waals surface area contributed by atoms with Gasteiger partial charge in [-0.1, -0.05) is 30.3 Å². The Morgan fingerprint density at radius 2 is 1.74 bits per heavy atom. The van der Waals surface area contributed by atoms with Crippen molar-refractivity contribution in [2.24, 2.45) is 0 Å². The third kappa shape index (κ3) is 3.37. The van der Waals surface area contributed by atoms with Crippen LogP contribution in [0.4, 0.5) is 5.69 Å². The van der Waals surface area contributed by atoms with Crippen LogP contribution in [0.5, 0.6) is 0 Å². The molecule has 23 heavy (non-hydrogen) atoms. The summed E-state index contributed by atoms with van der Waals surface area (Å²) >= 11 is 0. The molecule has 2 aromatic rings. The van der Waals surface area contributed by atoms with Crippen molar-refractivity contribution in [3.63, 3.8) is 0 Å². The van der Waals surface area contributed by atoms with E-state index in [1.165, 1.54) is 12.1 Å². The van der Waals surface area contributed by atoms with Crippen LogP contribution < -0.4 is 0 Å². The highest BCUT2D eigenvalue weighted by Crippen LogP contribution is 2.33. The lowest BCUT2D eigenvalue weighted by molar-refractivity contribution is -0.384. The number of Topliss-reactive ketones (excluding diaryl/α,β-unsaturated/α-hetero) is 1. The Hall–Kier alpha value is -2.75. The summed E-state index contributed by atoms with van der Waals surface area (Å²) in [4.78, 5) is 23.0. The maximum Gasteiger partial charge on any atom is 0.269 e. The van der Waals surface area contributed by atoms with Crippen LogP contribution in [0.15, 0.2) is 60.2 Å². The van der Waals surface area contributed by atoms with Crippen LogP contribution in [-0.4, -0.2) is 10.7 Å². The van der Waals surface area contributed by atoms with E-state index in [0.29, 0.717) is 0 Å². The minimum absolute atomic E-state index is 0.0595. The van der Waals surface area contributed by atoms with E-state index in [9.17, 15) is 14.9 Å². The monoisotopic (exact) mass is 307 g/mol. The molecule has 0 radical (unpaired) electrons. The Morgan fingerprint density at radius 3 is 2.39 bits per heavy atom. The molecule has 1 fully saturated rings. The SMILES string of the molecule is O=C1/C(=C/c2ccc([N+](=O)[O-])cc2)CCC[C@@H]1c1ccccc1. The Morgan fingerprint density at radius 1 is 1.04 bits per heavy atom. The maximum atomic E-state index is 12.7. The Balaban J connectivity index is 1.84. The van der Waals surface area contributed by atoms with Crippen LogP contribution in [0, 0.1) is 10.1 Å². The first kappa shape index (κ1) is 15.2. The van der Waals surface area contributed by atoms with Crippen molar-refractivity contribution >= 4 is 17.5 Å². The van der Waals surface area contributed by atoms with Crippen molar-refractivity contribution in [3.05, 3.63) is 81.4 Å². The number of nitrogens with zero attached hydrogens (tertiary/aromatic N) is 1. The zero-order valence-electron chi connectivity index (χ0n) is 12.6. The molecule has 0 aliphatic heterocycles. The number of non-ortho nitro benzene ring substituents is 1. The Kier molecular flexibility index (Phi) is 4.33. The fraction of sp³-hybridized carbons (Fsp3) is 0.211. The van der Waals surface area contributed by atoms with Gasteiger partial charge in [-0.3, -0.25) is 14.9 Å². The highest BCUT2D eigenvalue weighted by atomic mass is 16.6. The fourth-order valence-electron chi connectivity index (χ4n) is 3.01. The van der Waals surface area contributed by atoms with Crippen molar-refractivity contribution in [2.45, 2.75) is 25.2 Å². The van der Waals surface area contributed by atoms with Crippen LogP contribution >= 0.6 is 0 Å². The van der Waals surface area contributed by atoms with Gasteiger partial charge in [-0.05, 0) is 54.2 Å². The molecular weight excluding hydrogens is 290 g/mol. The summed E-state index contributed by atoms with van der Waals surface area (Å²) in [6.45, 7) is 0. The first-order chi connectivity index (χ1) is 11.1. The van der Waals surface area contributed by atoms with Gasteiger partial charge in [0.05, 0.1) is 4.92 Å². The van der Waals surface area contributed by atoms with Crippen LogP contribution in [0.3, 0.4) is 0 Å². The number of nitro groups is 1. The molecule has 0 unspecified atom stereocenters. The van der Waals surface area contributed by atoms with E-state index in [4.69, 9.17) is 0 Å². The smallest absolute Gasteiger partial charge is 0.269 e. The van der Waals surface area contributed by atoms with E-state index in [1.807, 2.05) is 36.4 Å². The van der Waals surface area contributed by atoms with E-state index in [0.717, 1.165) is 36.0 Å². The number of hydrogen-bond donors (Lipinski definition) is 0. The highest BCUT2D eigenvalue weighted by Gasteiger charge is 2.27. The number of carbonyl (C=O) groups excluding carboxylic acids is 1. The highest BCUT2D eigenvalue weighted by molar-refractivity contribution is 6.04. The first-order valence-electron chi connectivity index (χ1n) is 7.69. The van der Waals surface area contributed by atoms with Gasteiger partial charge in [0.25, 0.3) is 5.69 Å². The van der Waals surface area contributed by atoms with Crippen molar-refractivity contribution in [1.82, 2.24) is 0 Å². The fourth-order valence-corrected chi connectivity index (χ4v) is 3.01. The molecule has 116 valence electrons. The summed E-state index contributed by atoms with van der Waals surface area (Å²) in [5, 5.41) is 10.7. The molecule has 1 saturated carbocycles. The summed E-state index contributed by atoms with van der Waals surface area (Å²) in [6.07, 6.45) is 4.48. The Bertz CT molecular complexity index is 748. The lowest BCUT2D eigenvalue weighted by Crippen LogP contribution is -2.19. The van der Waals surface area contributed by atoms with Crippen LogP contribution in [0.2, 0.25) is 0 Å².